The Balaban J connectivity index is 1.33. The number of methoxy groups -OCH3 is 2. The summed E-state index contributed by atoms with van der Waals surface area (Å²) >= 11 is 0. The van der Waals surface area contributed by atoms with Crippen molar-refractivity contribution in [1.82, 2.24) is 10.6 Å². The normalized spacial score (nSPS) is 24.9. The molecular formula is C49H72N4O9. The summed E-state index contributed by atoms with van der Waals surface area (Å²) in [5.74, 6) is 1.30. The van der Waals surface area contributed by atoms with Crippen LogP contribution in [0.15, 0.2) is 72.8 Å². The molecule has 9 atom stereocenters. The molecule has 0 radical (unpaired) electrons. The topological polar surface area (TPSA) is 161 Å². The van der Waals surface area contributed by atoms with Crippen molar-refractivity contribution in [2.24, 2.45) is 17.6 Å². The number of hydrogen-bond donors (Lipinski definition) is 4. The molecule has 0 bridgehead atoms. The van der Waals surface area contributed by atoms with E-state index in [0.29, 0.717) is 31.9 Å². The van der Waals surface area contributed by atoms with Crippen LogP contribution in [0, 0.1) is 18.8 Å². The van der Waals surface area contributed by atoms with Crippen LogP contribution in [0.4, 0.5) is 10.5 Å². The van der Waals surface area contributed by atoms with Crippen molar-refractivity contribution in [2.75, 3.05) is 39.4 Å². The van der Waals surface area contributed by atoms with Gasteiger partial charge >= 0.3 is 6.03 Å². The molecule has 5 rings (SSSR count). The minimum atomic E-state index is -0.943. The second kappa shape index (κ2) is 25.8. The van der Waals surface area contributed by atoms with Crippen LogP contribution < -0.4 is 31.2 Å². The predicted octanol–water partition coefficient (Wildman–Crippen LogP) is 8.06. The van der Waals surface area contributed by atoms with E-state index < -0.39 is 36.6 Å². The smallest absolute Gasteiger partial charge is 0.319 e. The largest absolute Gasteiger partial charge is 0.497 e. The monoisotopic (exact) mass is 861 g/mol. The molecule has 0 aromatic heterocycles. The van der Waals surface area contributed by atoms with E-state index in [4.69, 9.17) is 38.9 Å². The van der Waals surface area contributed by atoms with Gasteiger partial charge in [-0.2, -0.15) is 0 Å². The number of benzene rings is 3. The van der Waals surface area contributed by atoms with E-state index in [0.717, 1.165) is 47.5 Å². The molecule has 0 spiro atoms. The van der Waals surface area contributed by atoms with Crippen LogP contribution in [-0.2, 0) is 41.7 Å². The molecule has 4 unspecified atom stereocenters. The maximum atomic E-state index is 13.7. The molecule has 2 heterocycles. The lowest BCUT2D eigenvalue weighted by Gasteiger charge is -2.48. The summed E-state index contributed by atoms with van der Waals surface area (Å²) in [5.41, 5.74) is 10.5. The lowest BCUT2D eigenvalue weighted by atomic mass is 9.82. The first kappa shape index (κ1) is 48.8. The van der Waals surface area contributed by atoms with Gasteiger partial charge in [-0.15, -0.1) is 0 Å². The second-order valence-electron chi connectivity index (χ2n) is 16.9. The van der Waals surface area contributed by atoms with Crippen molar-refractivity contribution in [3.8, 4) is 11.5 Å². The summed E-state index contributed by atoms with van der Waals surface area (Å²) in [5, 5.41) is 9.40. The summed E-state index contributed by atoms with van der Waals surface area (Å²) in [4.78, 5) is 27.4. The number of urea groups is 1. The number of unbranched alkanes of at least 4 members (excludes halogenated alkanes) is 7. The number of anilines is 1. The lowest BCUT2D eigenvalue weighted by molar-refractivity contribution is -0.275. The summed E-state index contributed by atoms with van der Waals surface area (Å²) in [7, 11) is 3.27. The van der Waals surface area contributed by atoms with Gasteiger partial charge in [0.15, 0.2) is 6.29 Å². The first-order valence-corrected chi connectivity index (χ1v) is 22.6. The quantitative estimate of drug-likeness (QED) is 0.0649. The van der Waals surface area contributed by atoms with Gasteiger partial charge in [0.2, 0.25) is 5.91 Å². The highest BCUT2D eigenvalue weighted by Crippen LogP contribution is 2.34. The van der Waals surface area contributed by atoms with E-state index >= 15 is 0 Å². The fourth-order valence-corrected chi connectivity index (χ4v) is 8.13. The summed E-state index contributed by atoms with van der Waals surface area (Å²) in [6.07, 6.45) is 6.78. The van der Waals surface area contributed by atoms with Crippen LogP contribution in [0.1, 0.15) is 95.2 Å². The lowest BCUT2D eigenvalue weighted by Crippen LogP contribution is -2.67. The third-order valence-corrected chi connectivity index (χ3v) is 12.1. The van der Waals surface area contributed by atoms with Gasteiger partial charge in [-0.3, -0.25) is 4.79 Å². The van der Waals surface area contributed by atoms with Gasteiger partial charge in [-0.05, 0) is 78.3 Å². The van der Waals surface area contributed by atoms with Crippen molar-refractivity contribution in [3.63, 3.8) is 0 Å². The van der Waals surface area contributed by atoms with Gasteiger partial charge in [-0.25, -0.2) is 4.79 Å². The van der Waals surface area contributed by atoms with Gasteiger partial charge in [0.05, 0.1) is 71.5 Å². The van der Waals surface area contributed by atoms with Crippen LogP contribution >= 0.6 is 0 Å². The van der Waals surface area contributed by atoms with E-state index in [1.807, 2.05) is 79.7 Å². The molecule has 3 aromatic carbocycles. The number of nitrogens with one attached hydrogen (secondary N) is 3. The van der Waals surface area contributed by atoms with Crippen LogP contribution in [0.25, 0.3) is 0 Å². The van der Waals surface area contributed by atoms with Gasteiger partial charge in [0, 0.05) is 12.1 Å². The minimum Gasteiger partial charge on any atom is -0.497 e. The van der Waals surface area contributed by atoms with Crippen molar-refractivity contribution >= 4 is 17.6 Å². The van der Waals surface area contributed by atoms with E-state index in [-0.39, 0.29) is 43.1 Å². The standard InChI is InChI=1S/C49H72N4O9/c1-7-8-9-10-11-12-13-14-18-44(54)52-46-43(32-59-29-37-21-25-40(57-6)26-22-37)60-30-41(50)47(46)62-48-45(53-49(55)51-38-17-15-16-33(2)27-38)35(4)34(3)42(61-48)31-58-28-36-19-23-39(56-5)24-20-36/h15-17,19-27,34-35,41-43,45-48H,7-14,18,28-32,50H2,1-6H3,(H,52,54)(H2,51,53,55)/t34-,35-,41?,42?,43?,45?,46-,47+,48-/m0/s1. The highest BCUT2D eigenvalue weighted by molar-refractivity contribution is 5.89. The third-order valence-electron chi connectivity index (χ3n) is 12.1. The molecule has 0 aliphatic carbocycles. The number of ether oxygens (including phenoxy) is 7. The zero-order valence-electron chi connectivity index (χ0n) is 37.8. The number of amides is 3. The van der Waals surface area contributed by atoms with Crippen LogP contribution in [-0.4, -0.2) is 88.7 Å². The summed E-state index contributed by atoms with van der Waals surface area (Å²) in [6.45, 7) is 9.74. The van der Waals surface area contributed by atoms with Crippen molar-refractivity contribution in [3.05, 3.63) is 89.5 Å². The van der Waals surface area contributed by atoms with E-state index in [1.165, 1.54) is 32.1 Å². The number of nitrogens with two attached hydrogens (primary N) is 1. The number of aryl methyl sites for hydroxylation is 1. The van der Waals surface area contributed by atoms with Crippen LogP contribution in [0.3, 0.4) is 0 Å². The Morgan fingerprint density at radius 2 is 1.34 bits per heavy atom. The minimum absolute atomic E-state index is 0.0282. The van der Waals surface area contributed by atoms with E-state index in [9.17, 15) is 9.59 Å². The van der Waals surface area contributed by atoms with Gasteiger partial charge < -0.3 is 54.8 Å². The Bertz CT molecular complexity index is 1760. The van der Waals surface area contributed by atoms with E-state index in [1.54, 1.807) is 14.2 Å². The maximum Gasteiger partial charge on any atom is 0.319 e. The first-order valence-electron chi connectivity index (χ1n) is 22.6. The Morgan fingerprint density at radius 1 is 0.742 bits per heavy atom. The Hall–Kier alpha value is -4.24. The molecule has 2 saturated heterocycles. The molecule has 3 amide bonds. The maximum absolute atomic E-state index is 13.7. The van der Waals surface area contributed by atoms with Crippen LogP contribution in [0.5, 0.6) is 11.5 Å². The fourth-order valence-electron chi connectivity index (χ4n) is 8.13. The Labute approximate surface area is 369 Å². The third kappa shape index (κ3) is 15.2. The average molecular weight is 861 g/mol. The summed E-state index contributed by atoms with van der Waals surface area (Å²) in [6, 6.07) is 20.8. The molecule has 2 aliphatic heterocycles. The number of hydrogen-bond acceptors (Lipinski definition) is 10. The highest BCUT2D eigenvalue weighted by atomic mass is 16.7. The molecule has 342 valence electrons. The van der Waals surface area contributed by atoms with Gasteiger partial charge in [0.25, 0.3) is 0 Å². The fraction of sp³-hybridized carbons (Fsp3) is 0.592. The zero-order chi connectivity index (χ0) is 44.3. The van der Waals surface area contributed by atoms with Crippen molar-refractivity contribution < 1.29 is 42.7 Å². The second-order valence-corrected chi connectivity index (χ2v) is 16.9. The molecule has 13 nitrogen and oxygen atoms in total. The Morgan fingerprint density at radius 3 is 1.94 bits per heavy atom. The first-order chi connectivity index (χ1) is 30.1. The Kier molecular flexibility index (Phi) is 20.3. The predicted molar refractivity (Wildman–Crippen MR) is 241 cm³/mol. The average Bonchev–Trinajstić information content (AvgIpc) is 3.27. The molecule has 13 heteroatoms. The molecule has 2 aliphatic rings. The molecule has 62 heavy (non-hydrogen) atoms. The highest BCUT2D eigenvalue weighted by Gasteiger charge is 2.48. The molecule has 2 fully saturated rings. The zero-order valence-corrected chi connectivity index (χ0v) is 37.8. The SMILES string of the molecule is CCCCCCCCCCC(=O)N[C@H]1C(COCc2ccc(OC)cc2)OCC(N)[C@H]1O[C@@H]1OC(COCc2ccc(OC)cc2)[C@@H](C)[C@H](C)C1NC(=O)Nc1cccc(C)c1. The van der Waals surface area contributed by atoms with Gasteiger partial charge in [-0.1, -0.05) is 102 Å². The molecular weight excluding hydrogens is 789 g/mol. The van der Waals surface area contributed by atoms with Gasteiger partial charge in [0.1, 0.15) is 23.7 Å². The van der Waals surface area contributed by atoms with E-state index in [2.05, 4.69) is 36.7 Å². The van der Waals surface area contributed by atoms with Crippen LogP contribution in [0.2, 0.25) is 0 Å². The molecule has 5 N–H and O–H groups in total. The number of rotatable bonds is 24. The van der Waals surface area contributed by atoms with Crippen molar-refractivity contribution in [1.29, 1.82) is 0 Å². The molecule has 3 aromatic rings. The van der Waals surface area contributed by atoms with Crippen molar-refractivity contribution in [2.45, 2.75) is 141 Å². The number of carbonyl (C=O) groups excluding carboxylic acids is 2. The number of carbonyl (C=O) groups is 2. The summed E-state index contributed by atoms with van der Waals surface area (Å²) < 4.78 is 43.1. The molecule has 0 saturated carbocycles.